The van der Waals surface area contributed by atoms with Crippen LogP contribution in [0, 0.1) is 5.92 Å². The molecule has 0 atom stereocenters. The van der Waals surface area contributed by atoms with Gasteiger partial charge < -0.3 is 14.4 Å². The van der Waals surface area contributed by atoms with Crippen molar-refractivity contribution < 1.29 is 14.3 Å². The molecule has 1 amide bonds. The molecule has 0 N–H and O–H groups in total. The maximum atomic E-state index is 13.0. The number of nitrogens with zero attached hydrogens (tertiary/aromatic N) is 3. The summed E-state index contributed by atoms with van der Waals surface area (Å²) in [6, 6.07) is 0. The van der Waals surface area contributed by atoms with Crippen LogP contribution in [0.15, 0.2) is 0 Å². The number of carbonyl (C=O) groups excluding carboxylic acids is 1. The van der Waals surface area contributed by atoms with Gasteiger partial charge in [0.1, 0.15) is 0 Å². The molecule has 2 heterocycles. The summed E-state index contributed by atoms with van der Waals surface area (Å²) >= 11 is 0. The minimum Gasteiger partial charge on any atom is -0.383 e. The lowest BCUT2D eigenvalue weighted by Crippen LogP contribution is -2.34. The molecule has 1 saturated carbocycles. The molecule has 0 saturated heterocycles. The van der Waals surface area contributed by atoms with Gasteiger partial charge in [0.2, 0.25) is 0 Å². The van der Waals surface area contributed by atoms with Gasteiger partial charge in [0.15, 0.2) is 5.69 Å². The van der Waals surface area contributed by atoms with Crippen molar-refractivity contribution in [2.75, 3.05) is 33.4 Å². The number of rotatable bonds is 8. The average Bonchev–Trinajstić information content (AvgIpc) is 3.31. The summed E-state index contributed by atoms with van der Waals surface area (Å²) in [6.45, 7) is 6.25. The zero-order valence-electron chi connectivity index (χ0n) is 14.2. The number of aromatic nitrogens is 2. The van der Waals surface area contributed by atoms with E-state index in [1.54, 1.807) is 7.11 Å². The van der Waals surface area contributed by atoms with Crippen LogP contribution >= 0.6 is 0 Å². The first kappa shape index (κ1) is 16.5. The van der Waals surface area contributed by atoms with E-state index < -0.39 is 0 Å². The molecule has 6 heteroatoms. The van der Waals surface area contributed by atoms with Crippen LogP contribution in [0.25, 0.3) is 0 Å². The van der Waals surface area contributed by atoms with Crippen molar-refractivity contribution in [3.63, 3.8) is 0 Å². The molecule has 1 fully saturated rings. The molecule has 2 aliphatic rings. The summed E-state index contributed by atoms with van der Waals surface area (Å²) in [6.07, 6.45) is 4.28. The highest BCUT2D eigenvalue weighted by Crippen LogP contribution is 2.31. The summed E-state index contributed by atoms with van der Waals surface area (Å²) in [5.74, 6) is 0.754. The molecule has 3 rings (SSSR count). The van der Waals surface area contributed by atoms with E-state index in [1.165, 1.54) is 12.8 Å². The fourth-order valence-corrected chi connectivity index (χ4v) is 3.15. The smallest absolute Gasteiger partial charge is 0.274 e. The molecule has 0 spiro atoms. The Morgan fingerprint density at radius 1 is 1.48 bits per heavy atom. The minimum atomic E-state index is 0.0664. The zero-order chi connectivity index (χ0) is 16.2. The lowest BCUT2D eigenvalue weighted by molar-refractivity contribution is 0.0728. The molecule has 128 valence electrons. The third-order valence-electron chi connectivity index (χ3n) is 4.56. The quantitative estimate of drug-likeness (QED) is 0.733. The third kappa shape index (κ3) is 3.75. The van der Waals surface area contributed by atoms with Crippen molar-refractivity contribution in [2.24, 2.45) is 5.92 Å². The van der Waals surface area contributed by atoms with Crippen molar-refractivity contribution >= 4 is 5.91 Å². The summed E-state index contributed by atoms with van der Waals surface area (Å²) in [5.41, 5.74) is 2.71. The standard InChI is InChI=1S/C17H27N3O3/c1-3-7-19(11-13-4-5-13)17(21)16-14-12-23-9-6-15(14)20(18-16)8-10-22-2/h13H,3-12H2,1-2H3. The molecule has 1 aromatic heterocycles. The minimum absolute atomic E-state index is 0.0664. The van der Waals surface area contributed by atoms with Gasteiger partial charge in [-0.25, -0.2) is 0 Å². The number of hydrogen-bond donors (Lipinski definition) is 0. The van der Waals surface area contributed by atoms with Gasteiger partial charge in [0.25, 0.3) is 5.91 Å². The second-order valence-electron chi connectivity index (χ2n) is 6.49. The van der Waals surface area contributed by atoms with E-state index in [9.17, 15) is 4.79 Å². The van der Waals surface area contributed by atoms with Crippen LogP contribution in [0.5, 0.6) is 0 Å². The van der Waals surface area contributed by atoms with Crippen LogP contribution in [0.4, 0.5) is 0 Å². The van der Waals surface area contributed by atoms with Crippen LogP contribution in [0.1, 0.15) is 47.9 Å². The van der Waals surface area contributed by atoms with Crippen LogP contribution in [-0.4, -0.2) is 54.0 Å². The first-order valence-corrected chi connectivity index (χ1v) is 8.69. The topological polar surface area (TPSA) is 56.6 Å². The molecule has 0 unspecified atom stereocenters. The van der Waals surface area contributed by atoms with E-state index in [-0.39, 0.29) is 5.91 Å². The van der Waals surface area contributed by atoms with E-state index >= 15 is 0 Å². The van der Waals surface area contributed by atoms with Crippen LogP contribution in [0.2, 0.25) is 0 Å². The Morgan fingerprint density at radius 2 is 2.30 bits per heavy atom. The van der Waals surface area contributed by atoms with Crippen LogP contribution in [-0.2, 0) is 29.0 Å². The van der Waals surface area contributed by atoms with Gasteiger partial charge >= 0.3 is 0 Å². The highest BCUT2D eigenvalue weighted by molar-refractivity contribution is 5.94. The van der Waals surface area contributed by atoms with E-state index in [0.29, 0.717) is 38.0 Å². The Hall–Kier alpha value is -1.40. The predicted molar refractivity (Wildman–Crippen MR) is 86.4 cm³/mol. The first-order valence-electron chi connectivity index (χ1n) is 8.69. The largest absolute Gasteiger partial charge is 0.383 e. The fourth-order valence-electron chi connectivity index (χ4n) is 3.15. The van der Waals surface area contributed by atoms with Gasteiger partial charge in [0, 0.05) is 37.9 Å². The van der Waals surface area contributed by atoms with Gasteiger partial charge in [-0.05, 0) is 25.2 Å². The summed E-state index contributed by atoms with van der Waals surface area (Å²) in [5, 5.41) is 4.63. The summed E-state index contributed by atoms with van der Waals surface area (Å²) < 4.78 is 12.7. The maximum absolute atomic E-state index is 13.0. The molecular formula is C17H27N3O3. The number of ether oxygens (including phenoxy) is 2. The Balaban J connectivity index is 1.84. The number of methoxy groups -OCH3 is 1. The Bertz CT molecular complexity index is 552. The summed E-state index contributed by atoms with van der Waals surface area (Å²) in [7, 11) is 1.68. The Morgan fingerprint density at radius 3 is 3.00 bits per heavy atom. The molecule has 0 radical (unpaired) electrons. The van der Waals surface area contributed by atoms with Gasteiger partial charge in [-0.1, -0.05) is 6.92 Å². The van der Waals surface area contributed by atoms with Crippen molar-refractivity contribution in [1.29, 1.82) is 0 Å². The van der Waals surface area contributed by atoms with Gasteiger partial charge in [0.05, 0.1) is 26.4 Å². The molecule has 23 heavy (non-hydrogen) atoms. The number of hydrogen-bond acceptors (Lipinski definition) is 4. The van der Waals surface area contributed by atoms with Gasteiger partial charge in [-0.2, -0.15) is 5.10 Å². The fraction of sp³-hybridized carbons (Fsp3) is 0.765. The molecule has 1 aromatic rings. The number of carbonyl (C=O) groups is 1. The van der Waals surface area contributed by atoms with Gasteiger partial charge in [-0.3, -0.25) is 9.48 Å². The maximum Gasteiger partial charge on any atom is 0.274 e. The molecule has 1 aliphatic carbocycles. The highest BCUT2D eigenvalue weighted by atomic mass is 16.5. The SMILES string of the molecule is CCCN(CC1CC1)C(=O)c1nn(CCOC)c2c1COCC2. The Kier molecular flexibility index (Phi) is 5.33. The van der Waals surface area contributed by atoms with Crippen molar-refractivity contribution in [3.05, 3.63) is 17.0 Å². The molecular weight excluding hydrogens is 294 g/mol. The van der Waals surface area contributed by atoms with E-state index in [4.69, 9.17) is 9.47 Å². The molecule has 0 bridgehead atoms. The van der Waals surface area contributed by atoms with Crippen LogP contribution < -0.4 is 0 Å². The third-order valence-corrected chi connectivity index (χ3v) is 4.56. The number of fused-ring (bicyclic) bond motifs is 1. The van der Waals surface area contributed by atoms with Crippen LogP contribution in [0.3, 0.4) is 0 Å². The normalized spacial score (nSPS) is 17.1. The molecule has 1 aliphatic heterocycles. The van der Waals surface area contributed by atoms with E-state index in [0.717, 1.165) is 37.2 Å². The monoisotopic (exact) mass is 321 g/mol. The van der Waals surface area contributed by atoms with Crippen molar-refractivity contribution in [2.45, 2.75) is 45.8 Å². The van der Waals surface area contributed by atoms with E-state index in [1.807, 2.05) is 9.58 Å². The van der Waals surface area contributed by atoms with Gasteiger partial charge in [-0.15, -0.1) is 0 Å². The van der Waals surface area contributed by atoms with E-state index in [2.05, 4.69) is 12.0 Å². The second-order valence-corrected chi connectivity index (χ2v) is 6.49. The summed E-state index contributed by atoms with van der Waals surface area (Å²) in [4.78, 5) is 15.0. The zero-order valence-corrected chi connectivity index (χ0v) is 14.2. The number of amides is 1. The van der Waals surface area contributed by atoms with Crippen molar-refractivity contribution in [3.8, 4) is 0 Å². The lowest BCUT2D eigenvalue weighted by Gasteiger charge is -2.22. The predicted octanol–water partition coefficient (Wildman–Crippen LogP) is 1.86. The molecule has 0 aromatic carbocycles. The highest BCUT2D eigenvalue weighted by Gasteiger charge is 2.31. The molecule has 6 nitrogen and oxygen atoms in total. The van der Waals surface area contributed by atoms with Crippen molar-refractivity contribution in [1.82, 2.24) is 14.7 Å². The lowest BCUT2D eigenvalue weighted by atomic mass is 10.1. The second kappa shape index (κ2) is 7.45. The Labute approximate surface area is 137 Å². The first-order chi connectivity index (χ1) is 11.2. The average molecular weight is 321 g/mol.